The van der Waals surface area contributed by atoms with Crippen LogP contribution in [0.1, 0.15) is 34.8 Å². The van der Waals surface area contributed by atoms with Crippen molar-refractivity contribution >= 4 is 5.91 Å². The van der Waals surface area contributed by atoms with Crippen molar-refractivity contribution in [2.24, 2.45) is 0 Å². The third-order valence-electron chi connectivity index (χ3n) is 4.53. The van der Waals surface area contributed by atoms with Crippen LogP contribution in [0.15, 0.2) is 53.7 Å². The highest BCUT2D eigenvalue weighted by Crippen LogP contribution is 2.30. The second kappa shape index (κ2) is 6.55. The van der Waals surface area contributed by atoms with E-state index in [4.69, 9.17) is 0 Å². The lowest BCUT2D eigenvalue weighted by Crippen LogP contribution is -2.45. The van der Waals surface area contributed by atoms with Gasteiger partial charge in [-0.05, 0) is 12.5 Å². The van der Waals surface area contributed by atoms with Crippen LogP contribution in [0.2, 0.25) is 0 Å². The number of hydrogen-bond acceptors (Lipinski definition) is 5. The van der Waals surface area contributed by atoms with Gasteiger partial charge in [0.05, 0.1) is 6.20 Å². The van der Waals surface area contributed by atoms with Gasteiger partial charge in [-0.15, -0.1) is 0 Å². The quantitative estimate of drug-likeness (QED) is 0.706. The number of carbonyl (C=O) groups is 1. The van der Waals surface area contributed by atoms with Crippen LogP contribution in [-0.2, 0) is 13.1 Å². The Labute approximate surface area is 149 Å². The van der Waals surface area contributed by atoms with E-state index in [-0.39, 0.29) is 17.3 Å². The second-order valence-electron chi connectivity index (χ2n) is 6.01. The molecule has 26 heavy (non-hydrogen) atoms. The molecule has 1 aromatic carbocycles. The van der Waals surface area contributed by atoms with E-state index in [0.717, 1.165) is 5.56 Å². The summed E-state index contributed by atoms with van der Waals surface area (Å²) in [4.78, 5) is 35.4. The molecular formula is C18H18N6O2. The summed E-state index contributed by atoms with van der Waals surface area (Å²) in [7, 11) is 0. The Balaban J connectivity index is 1.84. The number of rotatable bonds is 3. The monoisotopic (exact) mass is 350 g/mol. The molecule has 0 fully saturated rings. The van der Waals surface area contributed by atoms with Crippen molar-refractivity contribution < 1.29 is 4.79 Å². The minimum atomic E-state index is -0.444. The maximum atomic E-state index is 13.1. The smallest absolute Gasteiger partial charge is 0.321 e. The lowest BCUT2D eigenvalue weighted by molar-refractivity contribution is 0.0650. The van der Waals surface area contributed by atoms with Crippen LogP contribution >= 0.6 is 0 Å². The fourth-order valence-electron chi connectivity index (χ4n) is 3.29. The Morgan fingerprint density at radius 1 is 1.19 bits per heavy atom. The number of nitrogens with zero attached hydrogens (tertiary/aromatic N) is 6. The van der Waals surface area contributed by atoms with E-state index >= 15 is 0 Å². The van der Waals surface area contributed by atoms with Crippen LogP contribution in [0.3, 0.4) is 0 Å². The summed E-state index contributed by atoms with van der Waals surface area (Å²) in [6.45, 7) is 3.17. The molecule has 0 N–H and O–H groups in total. The molecule has 1 unspecified atom stereocenters. The average Bonchev–Trinajstić information content (AvgIpc) is 3.04. The predicted octanol–water partition coefficient (Wildman–Crippen LogP) is 1.10. The zero-order chi connectivity index (χ0) is 18.1. The predicted molar refractivity (Wildman–Crippen MR) is 93.5 cm³/mol. The summed E-state index contributed by atoms with van der Waals surface area (Å²) in [6, 6.07) is 9.17. The van der Waals surface area contributed by atoms with Crippen LogP contribution in [0, 0.1) is 0 Å². The summed E-state index contributed by atoms with van der Waals surface area (Å²) in [5.74, 6) is 0.350. The van der Waals surface area contributed by atoms with E-state index in [0.29, 0.717) is 25.5 Å². The van der Waals surface area contributed by atoms with Gasteiger partial charge in [0.25, 0.3) is 5.91 Å². The van der Waals surface area contributed by atoms with Crippen LogP contribution in [-0.4, -0.2) is 41.7 Å². The molecule has 0 radical (unpaired) electrons. The van der Waals surface area contributed by atoms with Crippen molar-refractivity contribution in [2.45, 2.75) is 26.1 Å². The standard InChI is InChI=1S/C18H18N6O2/c1-2-24-18(26)23-11-10-22(17(25)14-12-19-8-9-20-14)15(16(23)21-24)13-6-4-3-5-7-13/h3-9,12,15H,2,10-11H2,1H3. The summed E-state index contributed by atoms with van der Waals surface area (Å²) >= 11 is 0. The van der Waals surface area contributed by atoms with Crippen molar-refractivity contribution in [3.05, 3.63) is 76.5 Å². The Morgan fingerprint density at radius 2 is 2.00 bits per heavy atom. The Morgan fingerprint density at radius 3 is 2.69 bits per heavy atom. The summed E-state index contributed by atoms with van der Waals surface area (Å²) in [5.41, 5.74) is 1.04. The normalized spacial score (nSPS) is 16.3. The third kappa shape index (κ3) is 2.59. The molecule has 8 nitrogen and oxygen atoms in total. The average molecular weight is 350 g/mol. The SMILES string of the molecule is CCn1nc2n(c1=O)CCN(C(=O)c1cnccn1)C2c1ccccc1. The minimum Gasteiger partial charge on any atom is -0.321 e. The number of carbonyl (C=O) groups excluding carboxylic acids is 1. The molecule has 1 aliphatic rings. The number of hydrogen-bond donors (Lipinski definition) is 0. The molecule has 3 heterocycles. The van der Waals surface area contributed by atoms with Gasteiger partial charge in [-0.25, -0.2) is 14.5 Å². The van der Waals surface area contributed by atoms with Gasteiger partial charge >= 0.3 is 5.69 Å². The maximum Gasteiger partial charge on any atom is 0.346 e. The van der Waals surface area contributed by atoms with E-state index in [1.165, 1.54) is 23.3 Å². The molecule has 1 amide bonds. The molecule has 0 bridgehead atoms. The van der Waals surface area contributed by atoms with Crippen molar-refractivity contribution in [3.63, 3.8) is 0 Å². The Bertz CT molecular complexity index is 980. The fourth-order valence-corrected chi connectivity index (χ4v) is 3.29. The first-order valence-corrected chi connectivity index (χ1v) is 8.50. The third-order valence-corrected chi connectivity index (χ3v) is 4.53. The molecule has 2 aromatic heterocycles. The van der Waals surface area contributed by atoms with Gasteiger partial charge in [0.2, 0.25) is 0 Å². The van der Waals surface area contributed by atoms with Gasteiger partial charge in [0.1, 0.15) is 11.7 Å². The number of benzene rings is 1. The van der Waals surface area contributed by atoms with E-state index in [9.17, 15) is 9.59 Å². The molecule has 8 heteroatoms. The highest BCUT2D eigenvalue weighted by Gasteiger charge is 2.36. The Hall–Kier alpha value is -3.29. The van der Waals surface area contributed by atoms with Crippen molar-refractivity contribution in [3.8, 4) is 0 Å². The van der Waals surface area contributed by atoms with E-state index in [1.807, 2.05) is 37.3 Å². The van der Waals surface area contributed by atoms with Crippen LogP contribution in [0.5, 0.6) is 0 Å². The van der Waals surface area contributed by atoms with Gasteiger partial charge in [-0.2, -0.15) is 5.10 Å². The summed E-state index contributed by atoms with van der Waals surface area (Å²) in [6.07, 6.45) is 4.48. The number of amides is 1. The molecule has 132 valence electrons. The van der Waals surface area contributed by atoms with Crippen LogP contribution < -0.4 is 5.69 Å². The molecule has 4 rings (SSSR count). The first-order chi connectivity index (χ1) is 12.7. The number of aromatic nitrogens is 5. The van der Waals surface area contributed by atoms with Crippen molar-refractivity contribution in [2.75, 3.05) is 6.54 Å². The highest BCUT2D eigenvalue weighted by molar-refractivity contribution is 5.92. The number of aryl methyl sites for hydroxylation is 1. The van der Waals surface area contributed by atoms with Gasteiger partial charge in [0, 0.05) is 32.0 Å². The summed E-state index contributed by atoms with van der Waals surface area (Å²) in [5, 5.41) is 4.49. The molecule has 1 atom stereocenters. The Kier molecular flexibility index (Phi) is 4.08. The van der Waals surface area contributed by atoms with E-state index in [2.05, 4.69) is 15.1 Å². The molecular weight excluding hydrogens is 332 g/mol. The van der Waals surface area contributed by atoms with Gasteiger partial charge in [-0.3, -0.25) is 14.3 Å². The van der Waals surface area contributed by atoms with Crippen molar-refractivity contribution in [1.82, 2.24) is 29.2 Å². The zero-order valence-electron chi connectivity index (χ0n) is 14.3. The zero-order valence-corrected chi connectivity index (χ0v) is 14.3. The lowest BCUT2D eigenvalue weighted by atomic mass is 10.0. The minimum absolute atomic E-state index is 0.143. The van der Waals surface area contributed by atoms with Crippen LogP contribution in [0.4, 0.5) is 0 Å². The summed E-state index contributed by atoms with van der Waals surface area (Å²) < 4.78 is 3.09. The second-order valence-corrected chi connectivity index (χ2v) is 6.01. The topological polar surface area (TPSA) is 85.9 Å². The molecule has 0 saturated heterocycles. The lowest BCUT2D eigenvalue weighted by Gasteiger charge is -2.35. The van der Waals surface area contributed by atoms with Gasteiger partial charge in [-0.1, -0.05) is 30.3 Å². The first kappa shape index (κ1) is 16.2. The van der Waals surface area contributed by atoms with Crippen molar-refractivity contribution in [1.29, 1.82) is 0 Å². The molecule has 3 aromatic rings. The molecule has 0 spiro atoms. The highest BCUT2D eigenvalue weighted by atomic mass is 16.2. The number of fused-ring (bicyclic) bond motifs is 1. The van der Waals surface area contributed by atoms with Crippen LogP contribution in [0.25, 0.3) is 0 Å². The first-order valence-electron chi connectivity index (χ1n) is 8.50. The molecule has 0 saturated carbocycles. The van der Waals surface area contributed by atoms with E-state index < -0.39 is 6.04 Å². The largest absolute Gasteiger partial charge is 0.346 e. The van der Waals surface area contributed by atoms with Gasteiger partial charge in [0.15, 0.2) is 5.82 Å². The van der Waals surface area contributed by atoms with Gasteiger partial charge < -0.3 is 4.90 Å². The molecule has 1 aliphatic heterocycles. The maximum absolute atomic E-state index is 13.1. The molecule has 0 aliphatic carbocycles. The fraction of sp³-hybridized carbons (Fsp3) is 0.278. The van der Waals surface area contributed by atoms with E-state index in [1.54, 1.807) is 9.47 Å².